The highest BCUT2D eigenvalue weighted by atomic mass is 32.2. The Morgan fingerprint density at radius 2 is 2.28 bits per heavy atom. The number of thioether (sulfide) groups is 1. The van der Waals surface area contributed by atoms with Crippen molar-refractivity contribution in [2.24, 2.45) is 16.6 Å². The Bertz CT molecular complexity index is 937. The molecule has 154 valence electrons. The molecule has 1 amide bonds. The van der Waals surface area contributed by atoms with Gasteiger partial charge in [-0.15, -0.1) is 11.3 Å². The van der Waals surface area contributed by atoms with Gasteiger partial charge in [0.2, 0.25) is 0 Å². The van der Waals surface area contributed by atoms with Crippen LogP contribution < -0.4 is 11.1 Å². The first-order valence-electron chi connectivity index (χ1n) is 8.98. The van der Waals surface area contributed by atoms with E-state index in [1.54, 1.807) is 5.38 Å². The van der Waals surface area contributed by atoms with Crippen LogP contribution in [0.15, 0.2) is 28.7 Å². The summed E-state index contributed by atoms with van der Waals surface area (Å²) in [5, 5.41) is 5.62. The normalized spacial score (nSPS) is 26.7. The number of halogens is 2. The van der Waals surface area contributed by atoms with Gasteiger partial charge < -0.3 is 15.8 Å². The number of hydrogen-bond donors (Lipinski definition) is 2. The summed E-state index contributed by atoms with van der Waals surface area (Å²) in [6.07, 6.45) is -0.640. The Morgan fingerprint density at radius 3 is 3.00 bits per heavy atom. The second kappa shape index (κ2) is 7.96. The first kappa shape index (κ1) is 20.2. The van der Waals surface area contributed by atoms with Crippen LogP contribution >= 0.6 is 23.1 Å². The third kappa shape index (κ3) is 3.99. The van der Waals surface area contributed by atoms with Gasteiger partial charge in [0, 0.05) is 28.8 Å². The molecule has 2 aliphatic rings. The summed E-state index contributed by atoms with van der Waals surface area (Å²) >= 11 is 2.92. The molecule has 2 aliphatic heterocycles. The molecule has 1 fully saturated rings. The summed E-state index contributed by atoms with van der Waals surface area (Å²) < 4.78 is 31.1. The molecule has 1 saturated heterocycles. The van der Waals surface area contributed by atoms with E-state index in [-0.39, 0.29) is 23.3 Å². The number of amides is 1. The van der Waals surface area contributed by atoms with Crippen molar-refractivity contribution in [3.63, 3.8) is 0 Å². The number of ether oxygens (including phenoxy) is 1. The Balaban J connectivity index is 1.54. The largest absolute Gasteiger partial charge is 0.379 e. The molecule has 0 spiro atoms. The Labute approximate surface area is 174 Å². The van der Waals surface area contributed by atoms with Crippen LogP contribution in [0.4, 0.5) is 14.6 Å². The van der Waals surface area contributed by atoms with Crippen molar-refractivity contribution in [2.75, 3.05) is 17.7 Å². The summed E-state index contributed by atoms with van der Waals surface area (Å²) in [6.45, 7) is 2.42. The average molecular weight is 440 g/mol. The fourth-order valence-corrected chi connectivity index (χ4v) is 5.43. The van der Waals surface area contributed by atoms with Crippen LogP contribution in [-0.2, 0) is 10.3 Å². The summed E-state index contributed by atoms with van der Waals surface area (Å²) in [5.41, 5.74) is 5.15. The minimum atomic E-state index is -2.63. The smallest absolute Gasteiger partial charge is 0.275 e. The average Bonchev–Trinajstić information content (AvgIpc) is 3.17. The van der Waals surface area contributed by atoms with Crippen LogP contribution in [0.5, 0.6) is 0 Å². The molecule has 0 bridgehead atoms. The second-order valence-corrected chi connectivity index (χ2v) is 8.91. The first-order valence-corrected chi connectivity index (χ1v) is 10.8. The molecule has 7 nitrogen and oxygen atoms in total. The first-order chi connectivity index (χ1) is 13.9. The van der Waals surface area contributed by atoms with E-state index in [0.29, 0.717) is 17.6 Å². The fourth-order valence-electron chi connectivity index (χ4n) is 3.46. The van der Waals surface area contributed by atoms with E-state index in [2.05, 4.69) is 15.3 Å². The molecule has 4 heterocycles. The van der Waals surface area contributed by atoms with Crippen LogP contribution in [0.1, 0.15) is 40.8 Å². The minimum Gasteiger partial charge on any atom is -0.379 e. The second-order valence-electron chi connectivity index (χ2n) is 7.01. The minimum absolute atomic E-state index is 0.0335. The van der Waals surface area contributed by atoms with Crippen LogP contribution in [0.3, 0.4) is 0 Å². The maximum atomic E-state index is 12.6. The van der Waals surface area contributed by atoms with Gasteiger partial charge in [-0.3, -0.25) is 9.78 Å². The zero-order valence-corrected chi connectivity index (χ0v) is 17.1. The molecule has 1 unspecified atom stereocenters. The number of carbonyl (C=O) groups is 1. The maximum Gasteiger partial charge on any atom is 0.275 e. The molecule has 11 heteroatoms. The van der Waals surface area contributed by atoms with Gasteiger partial charge >= 0.3 is 0 Å². The van der Waals surface area contributed by atoms with Gasteiger partial charge in [-0.25, -0.2) is 18.8 Å². The van der Waals surface area contributed by atoms with Crippen molar-refractivity contribution in [1.82, 2.24) is 9.97 Å². The summed E-state index contributed by atoms with van der Waals surface area (Å²) in [6, 6.07) is 2.44. The zero-order chi connectivity index (χ0) is 20.6. The number of aliphatic imine (C=N–C) groups is 1. The lowest BCUT2D eigenvalue weighted by atomic mass is 9.80. The number of nitrogens with one attached hydrogen (secondary N) is 1. The van der Waals surface area contributed by atoms with Gasteiger partial charge in [0.05, 0.1) is 12.7 Å². The molecule has 2 aromatic heterocycles. The third-order valence-corrected chi connectivity index (χ3v) is 6.97. The molecular formula is C18H19F2N5O2S2. The Kier molecular flexibility index (Phi) is 5.54. The molecule has 3 N–H and O–H groups in total. The van der Waals surface area contributed by atoms with Gasteiger partial charge in [0.25, 0.3) is 12.3 Å². The van der Waals surface area contributed by atoms with E-state index < -0.39 is 17.9 Å². The molecule has 0 saturated carbocycles. The van der Waals surface area contributed by atoms with Crippen molar-refractivity contribution in [3.8, 4) is 0 Å². The van der Waals surface area contributed by atoms with Gasteiger partial charge in [-0.2, -0.15) is 0 Å². The molecule has 0 radical (unpaired) electrons. The Hall–Kier alpha value is -2.11. The lowest BCUT2D eigenvalue weighted by Gasteiger charge is -2.44. The van der Waals surface area contributed by atoms with Gasteiger partial charge in [0.15, 0.2) is 5.17 Å². The fraction of sp³-hybridized carbons (Fsp3) is 0.444. The van der Waals surface area contributed by atoms with E-state index in [0.717, 1.165) is 23.4 Å². The number of fused-ring (bicyclic) bond motifs is 1. The number of nitrogens with two attached hydrogens (primary N) is 1. The topological polar surface area (TPSA) is 102 Å². The van der Waals surface area contributed by atoms with Crippen LogP contribution in [0, 0.1) is 5.92 Å². The molecular weight excluding hydrogens is 420 g/mol. The summed E-state index contributed by atoms with van der Waals surface area (Å²) in [4.78, 5) is 25.5. The highest BCUT2D eigenvalue weighted by Crippen LogP contribution is 2.47. The van der Waals surface area contributed by atoms with Crippen molar-refractivity contribution in [1.29, 1.82) is 0 Å². The zero-order valence-electron chi connectivity index (χ0n) is 15.5. The SMILES string of the molecule is C[C@H]1C[C@H]2CSC(N)=NC2(c2nc(NC(=O)c3ccc(C(F)F)cn3)cs2)CO1. The van der Waals surface area contributed by atoms with Gasteiger partial charge in [-0.1, -0.05) is 11.8 Å². The molecule has 4 rings (SSSR count). The number of nitrogens with zero attached hydrogens (tertiary/aromatic N) is 3. The number of amidine groups is 1. The predicted molar refractivity (Wildman–Crippen MR) is 109 cm³/mol. The number of alkyl halides is 2. The quantitative estimate of drug-likeness (QED) is 0.757. The van der Waals surface area contributed by atoms with E-state index in [1.165, 1.54) is 35.2 Å². The number of carbonyl (C=O) groups excluding carboxylic acids is 1. The van der Waals surface area contributed by atoms with E-state index in [4.69, 9.17) is 15.5 Å². The number of thiazole rings is 1. The Morgan fingerprint density at radius 1 is 1.45 bits per heavy atom. The lowest BCUT2D eigenvalue weighted by molar-refractivity contribution is -0.0466. The number of hydrogen-bond acceptors (Lipinski definition) is 8. The van der Waals surface area contributed by atoms with Crippen molar-refractivity contribution in [2.45, 2.75) is 31.4 Å². The molecule has 2 aromatic rings. The van der Waals surface area contributed by atoms with E-state index >= 15 is 0 Å². The van der Waals surface area contributed by atoms with Crippen LogP contribution in [0.25, 0.3) is 0 Å². The maximum absolute atomic E-state index is 12.6. The lowest BCUT2D eigenvalue weighted by Crippen LogP contribution is -2.49. The third-order valence-electron chi connectivity index (χ3n) is 5.01. The van der Waals surface area contributed by atoms with Crippen LogP contribution in [-0.4, -0.2) is 39.5 Å². The summed E-state index contributed by atoms with van der Waals surface area (Å²) in [7, 11) is 0. The van der Waals surface area contributed by atoms with Crippen LogP contribution in [0.2, 0.25) is 0 Å². The number of rotatable bonds is 4. The van der Waals surface area contributed by atoms with E-state index in [1.807, 2.05) is 6.92 Å². The van der Waals surface area contributed by atoms with Crippen molar-refractivity contribution >= 4 is 40.0 Å². The van der Waals surface area contributed by atoms with Crippen molar-refractivity contribution in [3.05, 3.63) is 40.0 Å². The number of aromatic nitrogens is 2. The molecule has 3 atom stereocenters. The molecule has 29 heavy (non-hydrogen) atoms. The number of pyridine rings is 1. The molecule has 0 aliphatic carbocycles. The number of anilines is 1. The molecule has 0 aromatic carbocycles. The van der Waals surface area contributed by atoms with Gasteiger partial charge in [0.1, 0.15) is 22.1 Å². The van der Waals surface area contributed by atoms with Crippen molar-refractivity contribution < 1.29 is 18.3 Å². The standard InChI is InChI=1S/C18H19F2N5O2S2/c1-9-4-11-6-29-17(21)25-18(11,8-27-9)16-24-13(7-28-16)23-15(26)12-3-2-10(5-22-12)14(19)20/h2-3,5,7,9,11,14H,4,6,8H2,1H3,(H2,21,25)(H,23,26)/t9-,11-,18?/m0/s1. The summed E-state index contributed by atoms with van der Waals surface area (Å²) in [5.74, 6) is 0.910. The van der Waals surface area contributed by atoms with Gasteiger partial charge in [-0.05, 0) is 25.5 Å². The van der Waals surface area contributed by atoms with E-state index in [9.17, 15) is 13.6 Å². The predicted octanol–water partition coefficient (Wildman–Crippen LogP) is 3.41. The monoisotopic (exact) mass is 439 g/mol. The highest BCUT2D eigenvalue weighted by Gasteiger charge is 2.49. The highest BCUT2D eigenvalue weighted by molar-refractivity contribution is 8.13.